The number of aryl methyl sites for hydroxylation is 1. The number of pyridine rings is 1. The van der Waals surface area contributed by atoms with Gasteiger partial charge >= 0.3 is 0 Å². The van der Waals surface area contributed by atoms with E-state index in [1.165, 1.54) is 24.3 Å². The quantitative estimate of drug-likeness (QED) is 0.0843. The van der Waals surface area contributed by atoms with E-state index in [2.05, 4.69) is 41.6 Å². The van der Waals surface area contributed by atoms with Crippen molar-refractivity contribution in [2.75, 3.05) is 93.0 Å². The lowest BCUT2D eigenvalue weighted by molar-refractivity contribution is -0.136. The third-order valence-corrected chi connectivity index (χ3v) is 15.5. The molecule has 4 fully saturated rings. The highest BCUT2D eigenvalue weighted by Gasteiger charge is 2.56. The van der Waals surface area contributed by atoms with Crippen LogP contribution in [-0.2, 0) is 25.6 Å². The van der Waals surface area contributed by atoms with Crippen molar-refractivity contribution in [2.24, 2.45) is 11.3 Å². The molecule has 1 saturated carbocycles. The number of aromatic nitrogens is 1. The lowest BCUT2D eigenvalue weighted by Gasteiger charge is -2.40. The van der Waals surface area contributed by atoms with E-state index in [0.29, 0.717) is 52.8 Å². The van der Waals surface area contributed by atoms with Crippen LogP contribution in [0.5, 0.6) is 17.2 Å². The van der Waals surface area contributed by atoms with Gasteiger partial charge in [-0.15, -0.1) is 0 Å². The molecule has 3 saturated heterocycles. The molecule has 3 N–H and O–H groups in total. The molecule has 6 aliphatic rings. The van der Waals surface area contributed by atoms with Gasteiger partial charge < -0.3 is 34.8 Å². The Bertz CT molecular complexity index is 3000. The van der Waals surface area contributed by atoms with Gasteiger partial charge in [0.25, 0.3) is 11.8 Å². The van der Waals surface area contributed by atoms with Gasteiger partial charge in [-0.2, -0.15) is 0 Å². The highest BCUT2D eigenvalue weighted by Crippen LogP contribution is 2.48. The van der Waals surface area contributed by atoms with Gasteiger partial charge in [0.1, 0.15) is 34.5 Å². The highest BCUT2D eigenvalue weighted by atomic mass is 19.1. The Morgan fingerprint density at radius 2 is 1.47 bits per heavy atom. The molecule has 6 amide bonds. The Balaban J connectivity index is 0.655. The van der Waals surface area contributed by atoms with E-state index in [-0.39, 0.29) is 18.7 Å². The summed E-state index contributed by atoms with van der Waals surface area (Å²) in [5.41, 5.74) is 4.15. The maximum Gasteiger partial charge on any atom is 0.264 e. The molecular weight excluding hydrogens is 934 g/mol. The smallest absolute Gasteiger partial charge is 0.264 e. The molecule has 378 valence electrons. The largest absolute Gasteiger partial charge is 0.495 e. The molecule has 1 aliphatic carbocycles. The van der Waals surface area contributed by atoms with Crippen molar-refractivity contribution >= 4 is 69.1 Å². The number of fused-ring (bicyclic) bond motifs is 4. The zero-order valence-electron chi connectivity index (χ0n) is 40.8. The summed E-state index contributed by atoms with van der Waals surface area (Å²) >= 11 is 0. The van der Waals surface area contributed by atoms with Crippen molar-refractivity contribution in [3.8, 4) is 17.2 Å². The van der Waals surface area contributed by atoms with E-state index in [4.69, 9.17) is 14.5 Å². The maximum atomic E-state index is 13.9. The number of halogens is 1. The van der Waals surface area contributed by atoms with Crippen molar-refractivity contribution in [3.05, 3.63) is 108 Å². The number of carbonyl (C=O) groups excluding carboxylic acids is 6. The number of rotatable bonds is 14. The third-order valence-electron chi connectivity index (χ3n) is 15.5. The predicted octanol–water partition coefficient (Wildman–Crippen LogP) is 6.22. The maximum absolute atomic E-state index is 13.9. The fourth-order valence-electron chi connectivity index (χ4n) is 11.2. The number of hydrogen-bond donors (Lipinski definition) is 3. The van der Waals surface area contributed by atoms with Crippen molar-refractivity contribution in [3.63, 3.8) is 0 Å². The van der Waals surface area contributed by atoms with Gasteiger partial charge in [0.15, 0.2) is 0 Å². The average molecular weight is 992 g/mol. The minimum Gasteiger partial charge on any atom is -0.495 e. The molecule has 1 unspecified atom stereocenters. The Hall–Kier alpha value is -7.44. The molecule has 73 heavy (non-hydrogen) atoms. The van der Waals surface area contributed by atoms with Gasteiger partial charge in [0.05, 0.1) is 35.1 Å². The van der Waals surface area contributed by atoms with Crippen LogP contribution >= 0.6 is 0 Å². The molecule has 5 aliphatic heterocycles. The number of methoxy groups -OCH3 is 1. The molecule has 18 heteroatoms. The summed E-state index contributed by atoms with van der Waals surface area (Å²) in [6.45, 7) is 9.07. The number of amides is 6. The molecule has 4 aromatic carbocycles. The van der Waals surface area contributed by atoms with E-state index in [1.54, 1.807) is 43.6 Å². The van der Waals surface area contributed by atoms with Crippen LogP contribution in [0.3, 0.4) is 0 Å². The fraction of sp³-hybridized carbons (Fsp3) is 0.400. The number of benzene rings is 4. The summed E-state index contributed by atoms with van der Waals surface area (Å²) in [6.07, 6.45) is 6.67. The minimum atomic E-state index is -1.18. The Morgan fingerprint density at radius 3 is 2.15 bits per heavy atom. The first-order valence-electron chi connectivity index (χ1n) is 25.4. The predicted molar refractivity (Wildman–Crippen MR) is 272 cm³/mol. The first-order chi connectivity index (χ1) is 35.4. The number of anilines is 4. The van der Waals surface area contributed by atoms with Gasteiger partial charge in [-0.25, -0.2) is 4.39 Å². The first kappa shape index (κ1) is 47.9. The molecule has 6 heterocycles. The number of imide groups is 2. The molecule has 17 nitrogen and oxygen atoms in total. The monoisotopic (exact) mass is 991 g/mol. The number of nitrogens with zero attached hydrogens (tertiary/aromatic N) is 6. The Labute approximate surface area is 421 Å². The lowest BCUT2D eigenvalue weighted by atomic mass is 9.94. The van der Waals surface area contributed by atoms with Crippen LogP contribution in [-0.4, -0.2) is 134 Å². The van der Waals surface area contributed by atoms with E-state index >= 15 is 0 Å². The zero-order chi connectivity index (χ0) is 50.4. The standard InChI is InChI=1S/C55H58FN9O8/c1-72-46-31-41-42(57-21-16-45(41)73-39-11-9-38(10-12-39)59-54(71)55(19-20-55)53(70)58-37-7-5-36(56)6-8-37)32-44(46)63-23-17-34(18-24-63)33-62-27-25-61(26-28-62)29-30-64-22-2-3-35-4-13-40-48(49(35)64)52(69)65(51(40)68)43-14-15-47(66)60-50(43)67/h4-13,16,21,31-32,34,43H,2-3,14-15,17-20,22-30,33H2,1H3,(H,58,70)(H,59,71)(H,60,66,67). The second-order valence-electron chi connectivity index (χ2n) is 20.1. The summed E-state index contributed by atoms with van der Waals surface area (Å²) in [4.78, 5) is 93.8. The first-order valence-corrected chi connectivity index (χ1v) is 25.4. The minimum absolute atomic E-state index is 0.0876. The molecule has 1 aromatic heterocycles. The van der Waals surface area contributed by atoms with Crippen LogP contribution in [0, 0.1) is 17.2 Å². The molecule has 5 aromatic rings. The second-order valence-corrected chi connectivity index (χ2v) is 20.1. The van der Waals surface area contributed by atoms with E-state index in [1.807, 2.05) is 18.2 Å². The number of ether oxygens (including phenoxy) is 2. The summed E-state index contributed by atoms with van der Waals surface area (Å²) < 4.78 is 25.7. The Kier molecular flexibility index (Phi) is 13.0. The van der Waals surface area contributed by atoms with Gasteiger partial charge in [0.2, 0.25) is 23.6 Å². The Morgan fingerprint density at radius 1 is 0.767 bits per heavy atom. The molecule has 11 rings (SSSR count). The molecule has 0 spiro atoms. The van der Waals surface area contributed by atoms with Gasteiger partial charge in [-0.05, 0) is 129 Å². The van der Waals surface area contributed by atoms with Crippen LogP contribution in [0.15, 0.2) is 85.1 Å². The molecular formula is C55H58FN9O8. The summed E-state index contributed by atoms with van der Waals surface area (Å²) in [7, 11) is 1.68. The summed E-state index contributed by atoms with van der Waals surface area (Å²) in [5.74, 6) is -0.659. The van der Waals surface area contributed by atoms with Crippen LogP contribution in [0.4, 0.5) is 27.1 Å². The number of carbonyl (C=O) groups is 6. The highest BCUT2D eigenvalue weighted by molar-refractivity contribution is 6.26. The number of hydrogen-bond acceptors (Lipinski definition) is 13. The van der Waals surface area contributed by atoms with Gasteiger partial charge in [-0.1, -0.05) is 6.07 Å². The van der Waals surface area contributed by atoms with Crippen molar-refractivity contribution < 1.29 is 42.6 Å². The number of piperidine rings is 2. The van der Waals surface area contributed by atoms with Crippen LogP contribution in [0.25, 0.3) is 10.9 Å². The van der Waals surface area contributed by atoms with Crippen molar-refractivity contribution in [1.82, 2.24) is 25.0 Å². The van der Waals surface area contributed by atoms with Crippen molar-refractivity contribution in [1.29, 1.82) is 0 Å². The van der Waals surface area contributed by atoms with Crippen LogP contribution in [0.2, 0.25) is 0 Å². The van der Waals surface area contributed by atoms with E-state index < -0.39 is 46.8 Å². The van der Waals surface area contributed by atoms with Crippen LogP contribution < -0.4 is 35.2 Å². The second kappa shape index (κ2) is 19.9. The van der Waals surface area contributed by atoms with Gasteiger partial charge in [-0.3, -0.25) is 48.9 Å². The SMILES string of the molecule is COc1cc2c(Oc3ccc(NC(=O)C4(C(=O)Nc5ccc(F)cc5)CC4)cc3)ccnc2cc1N1CCC(CN2CCN(CCN3CCCc4ccc5c(c43)C(=O)N(C3CCC(=O)NC3=O)C5=O)CC2)CC1. The van der Waals surface area contributed by atoms with Crippen molar-refractivity contribution in [2.45, 2.75) is 57.4 Å². The summed E-state index contributed by atoms with van der Waals surface area (Å²) in [6, 6.07) is 21.0. The lowest BCUT2D eigenvalue weighted by Crippen LogP contribution is -2.54. The normalized spacial score (nSPS) is 20.1. The average Bonchev–Trinajstić information content (AvgIpc) is 4.18. The molecule has 0 radical (unpaired) electrons. The van der Waals surface area contributed by atoms with Gasteiger partial charge in [0, 0.05) is 94.8 Å². The van der Waals surface area contributed by atoms with Crippen LogP contribution in [0.1, 0.15) is 71.2 Å². The molecule has 1 atom stereocenters. The molecule has 0 bridgehead atoms. The zero-order valence-corrected chi connectivity index (χ0v) is 40.8. The van der Waals surface area contributed by atoms with E-state index in [9.17, 15) is 33.2 Å². The summed E-state index contributed by atoms with van der Waals surface area (Å²) in [5, 5.41) is 8.69. The van der Waals surface area contributed by atoms with E-state index in [0.717, 1.165) is 130 Å². The number of piperazine rings is 1. The topological polar surface area (TPSA) is 186 Å². The third kappa shape index (κ3) is 9.56. The number of nitrogens with one attached hydrogen (secondary N) is 3. The fourth-order valence-corrected chi connectivity index (χ4v) is 11.2.